The molecule has 6 nitrogen and oxygen atoms in total. The second-order valence-corrected chi connectivity index (χ2v) is 5.55. The number of nitrogens with zero attached hydrogens (tertiary/aromatic N) is 2. The Balaban J connectivity index is 2.58. The van der Waals surface area contributed by atoms with Crippen molar-refractivity contribution in [3.05, 3.63) is 17.2 Å². The standard InChI is InChI=1S/C12H21ClN4O2/c1-5-17-7-16-10(13)9(17)8(14)6-15-11(18)19-12(2,3)4/h7-8H,5-6,14H2,1-4H3,(H,15,18). The van der Waals surface area contributed by atoms with Gasteiger partial charge in [-0.15, -0.1) is 0 Å². The smallest absolute Gasteiger partial charge is 0.407 e. The minimum absolute atomic E-state index is 0.236. The summed E-state index contributed by atoms with van der Waals surface area (Å²) in [7, 11) is 0. The molecule has 0 fully saturated rings. The lowest BCUT2D eigenvalue weighted by molar-refractivity contribution is 0.0524. The highest BCUT2D eigenvalue weighted by Gasteiger charge is 2.19. The first kappa shape index (κ1) is 15.8. The number of rotatable bonds is 4. The normalized spacial score (nSPS) is 13.2. The average Bonchev–Trinajstić information content (AvgIpc) is 2.65. The Hall–Kier alpha value is -1.27. The molecule has 0 spiro atoms. The van der Waals surface area contributed by atoms with E-state index < -0.39 is 17.7 Å². The second-order valence-electron chi connectivity index (χ2n) is 5.20. The number of imidazole rings is 1. The third-order valence-corrected chi connectivity index (χ3v) is 2.68. The number of alkyl carbamates (subject to hydrolysis) is 1. The van der Waals surface area contributed by atoms with Crippen molar-refractivity contribution < 1.29 is 9.53 Å². The van der Waals surface area contributed by atoms with Crippen LogP contribution in [0.5, 0.6) is 0 Å². The van der Waals surface area contributed by atoms with Crippen molar-refractivity contribution in [1.29, 1.82) is 0 Å². The molecule has 0 aromatic carbocycles. The molecule has 0 bridgehead atoms. The van der Waals surface area contributed by atoms with Gasteiger partial charge < -0.3 is 20.4 Å². The van der Waals surface area contributed by atoms with Gasteiger partial charge in [-0.25, -0.2) is 9.78 Å². The molecule has 1 aromatic heterocycles. The average molecular weight is 289 g/mol. The van der Waals surface area contributed by atoms with Crippen molar-refractivity contribution in [3.63, 3.8) is 0 Å². The van der Waals surface area contributed by atoms with Crippen molar-refractivity contribution in [2.45, 2.75) is 45.9 Å². The number of halogens is 1. The predicted molar refractivity (Wildman–Crippen MR) is 74.1 cm³/mol. The molecule has 0 aliphatic carbocycles. The van der Waals surface area contributed by atoms with Crippen LogP contribution in [0.25, 0.3) is 0 Å². The van der Waals surface area contributed by atoms with Crippen LogP contribution >= 0.6 is 11.6 Å². The first-order chi connectivity index (χ1) is 8.74. The van der Waals surface area contributed by atoms with Gasteiger partial charge in [0.25, 0.3) is 0 Å². The van der Waals surface area contributed by atoms with Gasteiger partial charge in [0, 0.05) is 13.1 Å². The lowest BCUT2D eigenvalue weighted by atomic mass is 10.2. The number of ether oxygens (including phenoxy) is 1. The van der Waals surface area contributed by atoms with E-state index >= 15 is 0 Å². The number of carbonyl (C=O) groups excluding carboxylic acids is 1. The Labute approximate surface area is 118 Å². The molecule has 1 aromatic rings. The zero-order chi connectivity index (χ0) is 14.6. The molecule has 0 aliphatic heterocycles. The quantitative estimate of drug-likeness (QED) is 0.889. The Morgan fingerprint density at radius 3 is 2.79 bits per heavy atom. The van der Waals surface area contributed by atoms with Gasteiger partial charge in [-0.1, -0.05) is 11.6 Å². The third kappa shape index (κ3) is 4.72. The minimum atomic E-state index is -0.531. The molecule has 108 valence electrons. The molecular weight excluding hydrogens is 268 g/mol. The molecule has 0 saturated carbocycles. The van der Waals surface area contributed by atoms with Crippen LogP contribution in [-0.2, 0) is 11.3 Å². The van der Waals surface area contributed by atoms with E-state index in [1.54, 1.807) is 27.1 Å². The van der Waals surface area contributed by atoms with Gasteiger partial charge in [0.1, 0.15) is 5.60 Å². The van der Waals surface area contributed by atoms with Crippen molar-refractivity contribution >= 4 is 17.7 Å². The van der Waals surface area contributed by atoms with Crippen molar-refractivity contribution in [2.24, 2.45) is 5.73 Å². The van der Waals surface area contributed by atoms with Crippen LogP contribution in [0.2, 0.25) is 5.15 Å². The fourth-order valence-corrected chi connectivity index (χ4v) is 1.88. The van der Waals surface area contributed by atoms with E-state index in [2.05, 4.69) is 10.3 Å². The van der Waals surface area contributed by atoms with E-state index in [-0.39, 0.29) is 6.54 Å². The number of amides is 1. The fourth-order valence-electron chi connectivity index (χ4n) is 1.59. The Morgan fingerprint density at radius 1 is 1.63 bits per heavy atom. The molecule has 19 heavy (non-hydrogen) atoms. The largest absolute Gasteiger partial charge is 0.444 e. The number of aryl methyl sites for hydroxylation is 1. The summed E-state index contributed by atoms with van der Waals surface area (Å²) in [4.78, 5) is 15.5. The Morgan fingerprint density at radius 2 is 2.26 bits per heavy atom. The third-order valence-electron chi connectivity index (χ3n) is 2.39. The monoisotopic (exact) mass is 288 g/mol. The van der Waals surface area contributed by atoms with E-state index in [1.807, 2.05) is 11.5 Å². The molecule has 3 N–H and O–H groups in total. The zero-order valence-corrected chi connectivity index (χ0v) is 12.5. The molecule has 1 amide bonds. The molecule has 7 heteroatoms. The fraction of sp³-hybridized carbons (Fsp3) is 0.667. The van der Waals surface area contributed by atoms with Crippen LogP contribution in [0, 0.1) is 0 Å². The van der Waals surface area contributed by atoms with Crippen molar-refractivity contribution in [2.75, 3.05) is 6.54 Å². The lowest BCUT2D eigenvalue weighted by Crippen LogP contribution is -2.37. The summed E-state index contributed by atoms with van der Waals surface area (Å²) in [6.45, 7) is 8.33. The summed E-state index contributed by atoms with van der Waals surface area (Å²) in [5.74, 6) is 0. The van der Waals surface area contributed by atoms with Crippen LogP contribution in [0.4, 0.5) is 4.79 Å². The Kier molecular flexibility index (Phi) is 5.20. The highest BCUT2D eigenvalue weighted by Crippen LogP contribution is 2.19. The number of hydrogen-bond donors (Lipinski definition) is 2. The number of hydrogen-bond acceptors (Lipinski definition) is 4. The van der Waals surface area contributed by atoms with Gasteiger partial charge in [0.2, 0.25) is 0 Å². The number of nitrogens with two attached hydrogens (primary N) is 1. The molecule has 1 heterocycles. The Bertz CT molecular complexity index is 439. The predicted octanol–water partition coefficient (Wildman–Crippen LogP) is 2.08. The molecule has 1 unspecified atom stereocenters. The van der Waals surface area contributed by atoms with Gasteiger partial charge in [0.05, 0.1) is 18.1 Å². The molecular formula is C12H21ClN4O2. The highest BCUT2D eigenvalue weighted by molar-refractivity contribution is 6.30. The SMILES string of the molecule is CCn1cnc(Cl)c1C(N)CNC(=O)OC(C)(C)C. The van der Waals surface area contributed by atoms with Crippen LogP contribution in [0.1, 0.15) is 39.4 Å². The van der Waals surface area contributed by atoms with E-state index in [9.17, 15) is 4.79 Å². The number of aromatic nitrogens is 2. The van der Waals surface area contributed by atoms with Crippen LogP contribution < -0.4 is 11.1 Å². The molecule has 0 radical (unpaired) electrons. The van der Waals surface area contributed by atoms with Gasteiger partial charge >= 0.3 is 6.09 Å². The number of carbonyl (C=O) groups is 1. The van der Waals surface area contributed by atoms with Crippen LogP contribution in [0.3, 0.4) is 0 Å². The summed E-state index contributed by atoms with van der Waals surface area (Å²) in [5.41, 5.74) is 6.19. The maximum absolute atomic E-state index is 11.5. The van der Waals surface area contributed by atoms with Crippen molar-refractivity contribution in [3.8, 4) is 0 Å². The van der Waals surface area contributed by atoms with E-state index in [1.165, 1.54) is 0 Å². The van der Waals surface area contributed by atoms with Gasteiger partial charge in [-0.2, -0.15) is 0 Å². The van der Waals surface area contributed by atoms with E-state index in [0.717, 1.165) is 6.54 Å². The molecule has 0 aliphatic rings. The number of nitrogens with one attached hydrogen (secondary N) is 1. The molecule has 1 atom stereocenters. The van der Waals surface area contributed by atoms with E-state index in [0.29, 0.717) is 10.8 Å². The molecule has 1 rings (SSSR count). The summed E-state index contributed by atoms with van der Waals surface area (Å²) in [5, 5.41) is 2.98. The summed E-state index contributed by atoms with van der Waals surface area (Å²) < 4.78 is 6.98. The van der Waals surface area contributed by atoms with Gasteiger partial charge in [0.15, 0.2) is 5.15 Å². The lowest BCUT2D eigenvalue weighted by Gasteiger charge is -2.21. The maximum Gasteiger partial charge on any atom is 0.407 e. The summed E-state index contributed by atoms with van der Waals surface area (Å²) >= 11 is 5.98. The summed E-state index contributed by atoms with van der Waals surface area (Å²) in [6.07, 6.45) is 1.13. The van der Waals surface area contributed by atoms with Gasteiger partial charge in [-0.3, -0.25) is 0 Å². The first-order valence-corrected chi connectivity index (χ1v) is 6.55. The first-order valence-electron chi connectivity index (χ1n) is 6.17. The van der Waals surface area contributed by atoms with E-state index in [4.69, 9.17) is 22.1 Å². The second kappa shape index (κ2) is 6.25. The maximum atomic E-state index is 11.5. The molecule has 0 saturated heterocycles. The zero-order valence-electron chi connectivity index (χ0n) is 11.7. The topological polar surface area (TPSA) is 82.2 Å². The van der Waals surface area contributed by atoms with Crippen molar-refractivity contribution in [1.82, 2.24) is 14.9 Å². The highest BCUT2D eigenvalue weighted by atomic mass is 35.5. The van der Waals surface area contributed by atoms with Crippen LogP contribution in [0.15, 0.2) is 6.33 Å². The summed E-state index contributed by atoms with van der Waals surface area (Å²) in [6, 6.07) is -0.428. The minimum Gasteiger partial charge on any atom is -0.444 e. The van der Waals surface area contributed by atoms with Crippen LogP contribution in [-0.4, -0.2) is 27.8 Å². The van der Waals surface area contributed by atoms with Gasteiger partial charge in [-0.05, 0) is 27.7 Å².